The van der Waals surface area contributed by atoms with Gasteiger partial charge in [0.05, 0.1) is 0 Å². The molecular formula is C18H22N2O. The predicted molar refractivity (Wildman–Crippen MR) is 84.1 cm³/mol. The zero-order chi connectivity index (χ0) is 15.2. The summed E-state index contributed by atoms with van der Waals surface area (Å²) < 4.78 is 0. The van der Waals surface area contributed by atoms with Crippen LogP contribution in [-0.4, -0.2) is 11.9 Å². The first kappa shape index (κ1) is 15.3. The zero-order valence-electron chi connectivity index (χ0n) is 12.7. The molecule has 3 nitrogen and oxygen atoms in total. The average molecular weight is 282 g/mol. The van der Waals surface area contributed by atoms with E-state index in [0.29, 0.717) is 11.8 Å². The number of amides is 1. The van der Waals surface area contributed by atoms with Crippen molar-refractivity contribution in [2.24, 2.45) is 11.8 Å². The monoisotopic (exact) mass is 282 g/mol. The number of benzene rings is 1. The Morgan fingerprint density at radius 2 is 2.00 bits per heavy atom. The summed E-state index contributed by atoms with van der Waals surface area (Å²) >= 11 is 0. The van der Waals surface area contributed by atoms with Gasteiger partial charge in [0, 0.05) is 6.04 Å². The van der Waals surface area contributed by atoms with Crippen LogP contribution in [0.4, 0.5) is 0 Å². The number of hydrogen-bond donors (Lipinski definition) is 1. The molecular weight excluding hydrogens is 260 g/mol. The van der Waals surface area contributed by atoms with Crippen LogP contribution in [0.5, 0.6) is 0 Å². The van der Waals surface area contributed by atoms with Crippen LogP contribution in [0.25, 0.3) is 6.08 Å². The Kier molecular flexibility index (Phi) is 5.16. The Hall–Kier alpha value is -2.08. The maximum absolute atomic E-state index is 12.3. The van der Waals surface area contributed by atoms with Crippen molar-refractivity contribution in [1.29, 1.82) is 5.26 Å². The lowest BCUT2D eigenvalue weighted by atomic mass is 9.78. The fourth-order valence-corrected chi connectivity index (χ4v) is 2.90. The van der Waals surface area contributed by atoms with Crippen LogP contribution in [0.2, 0.25) is 0 Å². The molecule has 1 aromatic rings. The normalized spacial score (nSPS) is 26.0. The van der Waals surface area contributed by atoms with Crippen molar-refractivity contribution >= 4 is 12.0 Å². The number of rotatable bonds is 3. The quantitative estimate of drug-likeness (QED) is 0.681. The summed E-state index contributed by atoms with van der Waals surface area (Å²) in [6.07, 6.45) is 5.01. The van der Waals surface area contributed by atoms with Crippen molar-refractivity contribution < 1.29 is 4.79 Å². The second-order valence-electron chi connectivity index (χ2n) is 5.93. The molecule has 0 radical (unpaired) electrons. The summed E-state index contributed by atoms with van der Waals surface area (Å²) in [5.74, 6) is 0.819. The molecule has 3 heteroatoms. The second kappa shape index (κ2) is 7.08. The van der Waals surface area contributed by atoms with E-state index in [0.717, 1.165) is 18.4 Å². The van der Waals surface area contributed by atoms with Crippen molar-refractivity contribution in [2.75, 3.05) is 0 Å². The molecule has 21 heavy (non-hydrogen) atoms. The molecule has 0 aromatic heterocycles. The van der Waals surface area contributed by atoms with Gasteiger partial charge in [0.2, 0.25) is 0 Å². The number of nitrogens with one attached hydrogen (secondary N) is 1. The van der Waals surface area contributed by atoms with Crippen LogP contribution in [-0.2, 0) is 4.79 Å². The van der Waals surface area contributed by atoms with E-state index in [-0.39, 0.29) is 17.5 Å². The van der Waals surface area contributed by atoms with Gasteiger partial charge in [-0.2, -0.15) is 5.26 Å². The molecule has 0 spiro atoms. The van der Waals surface area contributed by atoms with Gasteiger partial charge in [0.1, 0.15) is 11.6 Å². The lowest BCUT2D eigenvalue weighted by molar-refractivity contribution is -0.118. The third-order valence-corrected chi connectivity index (χ3v) is 4.50. The fraction of sp³-hybridized carbons (Fsp3) is 0.444. The molecule has 110 valence electrons. The van der Waals surface area contributed by atoms with Gasteiger partial charge in [-0.05, 0) is 29.9 Å². The molecule has 2 rings (SSSR count). The first-order chi connectivity index (χ1) is 10.1. The van der Waals surface area contributed by atoms with E-state index in [1.54, 1.807) is 6.08 Å². The fourth-order valence-electron chi connectivity index (χ4n) is 2.90. The van der Waals surface area contributed by atoms with Crippen LogP contribution in [0.3, 0.4) is 0 Å². The van der Waals surface area contributed by atoms with Crippen molar-refractivity contribution in [3.63, 3.8) is 0 Å². The summed E-state index contributed by atoms with van der Waals surface area (Å²) in [5.41, 5.74) is 1.04. The Bertz CT molecular complexity index is 556. The molecule has 1 fully saturated rings. The highest BCUT2D eigenvalue weighted by Gasteiger charge is 2.28. The van der Waals surface area contributed by atoms with E-state index in [2.05, 4.69) is 19.2 Å². The molecule has 3 atom stereocenters. The Morgan fingerprint density at radius 1 is 1.29 bits per heavy atom. The summed E-state index contributed by atoms with van der Waals surface area (Å²) in [6, 6.07) is 11.7. The molecule has 1 N–H and O–H groups in total. The van der Waals surface area contributed by atoms with E-state index in [1.807, 2.05) is 36.4 Å². The first-order valence-electron chi connectivity index (χ1n) is 7.59. The van der Waals surface area contributed by atoms with E-state index >= 15 is 0 Å². The van der Waals surface area contributed by atoms with Gasteiger partial charge in [0.15, 0.2) is 0 Å². The molecule has 1 aromatic carbocycles. The van der Waals surface area contributed by atoms with E-state index in [4.69, 9.17) is 0 Å². The third-order valence-electron chi connectivity index (χ3n) is 4.50. The Morgan fingerprint density at radius 3 is 2.67 bits per heavy atom. The van der Waals surface area contributed by atoms with E-state index in [9.17, 15) is 10.1 Å². The molecule has 1 saturated carbocycles. The van der Waals surface area contributed by atoms with Crippen LogP contribution in [0.1, 0.15) is 38.7 Å². The summed E-state index contributed by atoms with van der Waals surface area (Å²) in [7, 11) is 0. The van der Waals surface area contributed by atoms with Crippen LogP contribution >= 0.6 is 0 Å². The number of nitrogens with zero attached hydrogens (tertiary/aromatic N) is 1. The molecule has 1 aliphatic rings. The molecule has 1 aliphatic carbocycles. The lowest BCUT2D eigenvalue weighted by Gasteiger charge is -2.34. The average Bonchev–Trinajstić information content (AvgIpc) is 2.50. The SMILES string of the molecule is C[C@@H]1[C@@H](C)CCC[C@H]1NC(=O)/C(C#N)=C/c1ccccc1. The van der Waals surface area contributed by atoms with Crippen molar-refractivity contribution in [1.82, 2.24) is 5.32 Å². The first-order valence-corrected chi connectivity index (χ1v) is 7.59. The topological polar surface area (TPSA) is 52.9 Å². The molecule has 1 amide bonds. The maximum Gasteiger partial charge on any atom is 0.262 e. The molecule has 0 aliphatic heterocycles. The van der Waals surface area contributed by atoms with Gasteiger partial charge >= 0.3 is 0 Å². The number of nitriles is 1. The minimum atomic E-state index is -0.257. The number of carbonyl (C=O) groups excluding carboxylic acids is 1. The number of carbonyl (C=O) groups is 1. The van der Waals surface area contributed by atoms with Gasteiger partial charge in [-0.15, -0.1) is 0 Å². The lowest BCUT2D eigenvalue weighted by Crippen LogP contribution is -2.44. The summed E-state index contributed by atoms with van der Waals surface area (Å²) in [5, 5.41) is 12.3. The Balaban J connectivity index is 2.07. The van der Waals surface area contributed by atoms with Crippen LogP contribution in [0, 0.1) is 23.2 Å². The van der Waals surface area contributed by atoms with Crippen LogP contribution < -0.4 is 5.32 Å². The van der Waals surface area contributed by atoms with Gasteiger partial charge in [-0.1, -0.05) is 57.0 Å². The minimum absolute atomic E-state index is 0.173. The highest BCUT2D eigenvalue weighted by Crippen LogP contribution is 2.29. The highest BCUT2D eigenvalue weighted by atomic mass is 16.1. The van der Waals surface area contributed by atoms with Crippen molar-refractivity contribution in [3.05, 3.63) is 41.5 Å². The highest BCUT2D eigenvalue weighted by molar-refractivity contribution is 6.01. The summed E-state index contributed by atoms with van der Waals surface area (Å²) in [4.78, 5) is 12.3. The maximum atomic E-state index is 12.3. The zero-order valence-corrected chi connectivity index (χ0v) is 12.7. The second-order valence-corrected chi connectivity index (χ2v) is 5.93. The van der Waals surface area contributed by atoms with E-state index in [1.165, 1.54) is 6.42 Å². The minimum Gasteiger partial charge on any atom is -0.348 e. The largest absolute Gasteiger partial charge is 0.348 e. The van der Waals surface area contributed by atoms with Gasteiger partial charge < -0.3 is 5.32 Å². The predicted octanol–water partition coefficient (Wildman–Crippen LogP) is 3.53. The van der Waals surface area contributed by atoms with Crippen LogP contribution in [0.15, 0.2) is 35.9 Å². The Labute approximate surface area is 126 Å². The molecule has 0 heterocycles. The third kappa shape index (κ3) is 3.95. The number of hydrogen-bond acceptors (Lipinski definition) is 2. The van der Waals surface area contributed by atoms with Crippen molar-refractivity contribution in [3.8, 4) is 6.07 Å². The van der Waals surface area contributed by atoms with Gasteiger partial charge in [-0.3, -0.25) is 4.79 Å². The van der Waals surface area contributed by atoms with Gasteiger partial charge in [0.25, 0.3) is 5.91 Å². The smallest absolute Gasteiger partial charge is 0.262 e. The molecule has 0 bridgehead atoms. The summed E-state index contributed by atoms with van der Waals surface area (Å²) in [6.45, 7) is 4.41. The standard InChI is InChI=1S/C18H22N2O/c1-13-7-6-10-17(14(13)2)20-18(21)16(12-19)11-15-8-4-3-5-9-15/h3-5,8-9,11,13-14,17H,6-7,10H2,1-2H3,(H,20,21)/b16-11+/t13-,14+,17+/m0/s1. The molecule has 0 unspecified atom stereocenters. The van der Waals surface area contributed by atoms with Crippen molar-refractivity contribution in [2.45, 2.75) is 39.2 Å². The van der Waals surface area contributed by atoms with E-state index < -0.39 is 0 Å². The van der Waals surface area contributed by atoms with Gasteiger partial charge in [-0.25, -0.2) is 0 Å². The molecule has 0 saturated heterocycles.